The lowest BCUT2D eigenvalue weighted by atomic mass is 9.71. The maximum atomic E-state index is 13.6. The normalized spacial score (nSPS) is 20.1. The fourth-order valence-corrected chi connectivity index (χ4v) is 4.92. The number of hydrogen-bond donors (Lipinski definition) is 1. The van der Waals surface area contributed by atoms with Crippen LogP contribution < -0.4 is 10.1 Å². The third-order valence-corrected chi connectivity index (χ3v) is 6.61. The Morgan fingerprint density at radius 1 is 1.06 bits per heavy atom. The fraction of sp³-hybridized carbons (Fsp3) is 0.333. The summed E-state index contributed by atoms with van der Waals surface area (Å²) < 4.78 is 16.1. The highest BCUT2D eigenvalue weighted by atomic mass is 35.5. The summed E-state index contributed by atoms with van der Waals surface area (Å²) in [5, 5.41) is 4.02. The fourth-order valence-electron chi connectivity index (χ4n) is 4.79. The SMILES string of the molecule is COCCOC(=O)C1=C(C)NC2=C(C(=O)CC(c3ccc(Cl)cc3)C2)C1c1ccccc1OC. The zero-order valence-corrected chi connectivity index (χ0v) is 20.3. The monoisotopic (exact) mass is 481 g/mol. The number of methoxy groups -OCH3 is 2. The van der Waals surface area contributed by atoms with Gasteiger partial charge in [-0.1, -0.05) is 41.9 Å². The molecule has 0 spiro atoms. The summed E-state index contributed by atoms with van der Waals surface area (Å²) >= 11 is 6.06. The number of dihydropyridines is 1. The number of benzene rings is 2. The first kappa shape index (κ1) is 24.0. The van der Waals surface area contributed by atoms with Crippen molar-refractivity contribution in [1.29, 1.82) is 0 Å². The lowest BCUT2D eigenvalue weighted by Gasteiger charge is -2.37. The zero-order valence-electron chi connectivity index (χ0n) is 19.5. The van der Waals surface area contributed by atoms with Crippen LogP contribution in [0.1, 0.15) is 42.7 Å². The van der Waals surface area contributed by atoms with E-state index in [1.165, 1.54) is 0 Å². The molecule has 1 N–H and O–H groups in total. The number of ether oxygens (including phenoxy) is 3. The molecule has 0 fully saturated rings. The van der Waals surface area contributed by atoms with Gasteiger partial charge in [0.15, 0.2) is 5.78 Å². The van der Waals surface area contributed by atoms with Crippen molar-refractivity contribution in [3.8, 4) is 5.75 Å². The van der Waals surface area contributed by atoms with Crippen LogP contribution >= 0.6 is 11.6 Å². The number of hydrogen-bond acceptors (Lipinski definition) is 6. The van der Waals surface area contributed by atoms with Crippen LogP contribution in [-0.4, -0.2) is 39.2 Å². The molecule has 4 rings (SSSR count). The molecule has 0 saturated heterocycles. The second-order valence-corrected chi connectivity index (χ2v) is 8.88. The van der Waals surface area contributed by atoms with Gasteiger partial charge in [-0.15, -0.1) is 0 Å². The average Bonchev–Trinajstić information content (AvgIpc) is 2.83. The maximum Gasteiger partial charge on any atom is 0.336 e. The van der Waals surface area contributed by atoms with Crippen LogP contribution in [0.15, 0.2) is 71.1 Å². The molecule has 2 atom stereocenters. The number of rotatable bonds is 7. The van der Waals surface area contributed by atoms with Gasteiger partial charge in [0.2, 0.25) is 0 Å². The van der Waals surface area contributed by atoms with E-state index in [1.807, 2.05) is 55.5 Å². The van der Waals surface area contributed by atoms with Gasteiger partial charge in [0.05, 0.1) is 25.2 Å². The van der Waals surface area contributed by atoms with E-state index < -0.39 is 11.9 Å². The highest BCUT2D eigenvalue weighted by molar-refractivity contribution is 6.30. The highest BCUT2D eigenvalue weighted by Gasteiger charge is 2.42. The Hall–Kier alpha value is -3.09. The molecule has 0 aromatic heterocycles. The number of esters is 1. The summed E-state index contributed by atoms with van der Waals surface area (Å²) in [7, 11) is 3.13. The third kappa shape index (κ3) is 4.74. The van der Waals surface area contributed by atoms with Gasteiger partial charge in [-0.25, -0.2) is 4.79 Å². The molecular weight excluding hydrogens is 454 g/mol. The predicted molar refractivity (Wildman–Crippen MR) is 130 cm³/mol. The van der Waals surface area contributed by atoms with Gasteiger partial charge >= 0.3 is 5.97 Å². The largest absolute Gasteiger partial charge is 0.496 e. The van der Waals surface area contributed by atoms with Crippen molar-refractivity contribution in [2.75, 3.05) is 27.4 Å². The number of halogens is 1. The van der Waals surface area contributed by atoms with Gasteiger partial charge in [0, 0.05) is 41.1 Å². The Balaban J connectivity index is 1.78. The Labute approximate surface area is 204 Å². The van der Waals surface area contributed by atoms with Crippen LogP contribution in [0.3, 0.4) is 0 Å². The van der Waals surface area contributed by atoms with E-state index in [9.17, 15) is 9.59 Å². The molecule has 0 amide bonds. The van der Waals surface area contributed by atoms with Crippen LogP contribution in [-0.2, 0) is 19.1 Å². The quantitative estimate of drug-likeness (QED) is 0.448. The minimum Gasteiger partial charge on any atom is -0.496 e. The predicted octanol–water partition coefficient (Wildman–Crippen LogP) is 4.90. The van der Waals surface area contributed by atoms with Crippen molar-refractivity contribution >= 4 is 23.4 Å². The van der Waals surface area contributed by atoms with Gasteiger partial charge in [0.25, 0.3) is 0 Å². The highest BCUT2D eigenvalue weighted by Crippen LogP contribution is 2.47. The molecule has 2 aliphatic rings. The van der Waals surface area contributed by atoms with Crippen LogP contribution in [0.5, 0.6) is 5.75 Å². The average molecular weight is 482 g/mol. The van der Waals surface area contributed by atoms with Gasteiger partial charge in [-0.3, -0.25) is 4.79 Å². The van der Waals surface area contributed by atoms with Gasteiger partial charge < -0.3 is 19.5 Å². The summed E-state index contributed by atoms with van der Waals surface area (Å²) in [5.74, 6) is -0.418. The van der Waals surface area contributed by atoms with E-state index in [-0.39, 0.29) is 18.3 Å². The molecule has 2 aromatic carbocycles. The van der Waals surface area contributed by atoms with E-state index in [0.29, 0.717) is 47.1 Å². The molecule has 1 aliphatic heterocycles. The minimum atomic E-state index is -0.582. The summed E-state index contributed by atoms with van der Waals surface area (Å²) in [6.45, 7) is 2.26. The zero-order chi connectivity index (χ0) is 24.2. The van der Waals surface area contributed by atoms with Crippen molar-refractivity contribution in [3.05, 3.63) is 87.2 Å². The van der Waals surface area contributed by atoms with E-state index in [1.54, 1.807) is 14.2 Å². The third-order valence-electron chi connectivity index (χ3n) is 6.36. The van der Waals surface area contributed by atoms with Crippen molar-refractivity contribution in [2.24, 2.45) is 0 Å². The molecule has 7 heteroatoms. The summed E-state index contributed by atoms with van der Waals surface area (Å²) in [6.07, 6.45) is 0.997. The molecule has 2 unspecified atom stereocenters. The Kier molecular flexibility index (Phi) is 7.39. The number of nitrogens with one attached hydrogen (secondary N) is 1. The van der Waals surface area contributed by atoms with Gasteiger partial charge in [-0.2, -0.15) is 0 Å². The van der Waals surface area contributed by atoms with Crippen LogP contribution in [0, 0.1) is 0 Å². The summed E-state index contributed by atoms with van der Waals surface area (Å²) in [5.41, 5.74) is 4.33. The molecular formula is C27H28ClNO5. The number of carbonyl (C=O) groups is 2. The Morgan fingerprint density at radius 3 is 2.50 bits per heavy atom. The van der Waals surface area contributed by atoms with Crippen molar-refractivity contribution in [1.82, 2.24) is 5.32 Å². The summed E-state index contributed by atoms with van der Waals surface area (Å²) in [6, 6.07) is 15.1. The molecule has 2 aromatic rings. The van der Waals surface area contributed by atoms with Crippen molar-refractivity contribution < 1.29 is 23.8 Å². The van der Waals surface area contributed by atoms with E-state index >= 15 is 0 Å². The number of para-hydroxylation sites is 1. The van der Waals surface area contributed by atoms with Crippen LogP contribution in [0.4, 0.5) is 0 Å². The van der Waals surface area contributed by atoms with Crippen molar-refractivity contribution in [2.45, 2.75) is 31.6 Å². The van der Waals surface area contributed by atoms with E-state index in [0.717, 1.165) is 16.8 Å². The van der Waals surface area contributed by atoms with Crippen LogP contribution in [0.25, 0.3) is 0 Å². The number of carbonyl (C=O) groups excluding carboxylic acids is 2. The number of allylic oxidation sites excluding steroid dienone is 3. The number of ketones is 1. The van der Waals surface area contributed by atoms with Gasteiger partial charge in [0.1, 0.15) is 12.4 Å². The molecule has 1 heterocycles. The molecule has 34 heavy (non-hydrogen) atoms. The second kappa shape index (κ2) is 10.5. The van der Waals surface area contributed by atoms with E-state index in [2.05, 4.69) is 5.32 Å². The Morgan fingerprint density at radius 2 is 1.79 bits per heavy atom. The first-order valence-corrected chi connectivity index (χ1v) is 11.6. The molecule has 178 valence electrons. The van der Waals surface area contributed by atoms with Crippen molar-refractivity contribution in [3.63, 3.8) is 0 Å². The standard InChI is InChI=1S/C27H28ClNO5/c1-16-24(27(31)34-13-12-32-2)25(20-6-4-5-7-23(20)33-3)26-21(29-16)14-18(15-22(26)30)17-8-10-19(28)11-9-17/h4-11,18,25,29H,12-15H2,1-3H3. The first-order valence-electron chi connectivity index (χ1n) is 11.2. The van der Waals surface area contributed by atoms with Gasteiger partial charge in [-0.05, 0) is 43.0 Å². The second-order valence-electron chi connectivity index (χ2n) is 8.44. The molecule has 1 aliphatic carbocycles. The maximum absolute atomic E-state index is 13.6. The minimum absolute atomic E-state index is 0.000650. The summed E-state index contributed by atoms with van der Waals surface area (Å²) in [4.78, 5) is 26.8. The van der Waals surface area contributed by atoms with Crippen LogP contribution in [0.2, 0.25) is 5.02 Å². The molecule has 0 radical (unpaired) electrons. The molecule has 0 saturated carbocycles. The lowest BCUT2D eigenvalue weighted by Crippen LogP contribution is -2.36. The lowest BCUT2D eigenvalue weighted by molar-refractivity contribution is -0.140. The first-order chi connectivity index (χ1) is 16.4. The smallest absolute Gasteiger partial charge is 0.336 e. The molecule has 6 nitrogen and oxygen atoms in total. The van der Waals surface area contributed by atoms with E-state index in [4.69, 9.17) is 25.8 Å². The number of Topliss-reactive ketones (excluding diaryl/α,β-unsaturated/α-hetero) is 1. The topological polar surface area (TPSA) is 73.9 Å². The Bertz CT molecular complexity index is 1150. The molecule has 0 bridgehead atoms.